The van der Waals surface area contributed by atoms with Crippen molar-refractivity contribution < 1.29 is 4.79 Å². The second kappa shape index (κ2) is 9.54. The van der Waals surface area contributed by atoms with Gasteiger partial charge in [0.05, 0.1) is 16.0 Å². The van der Waals surface area contributed by atoms with E-state index in [-0.39, 0.29) is 5.91 Å². The van der Waals surface area contributed by atoms with Crippen molar-refractivity contribution in [1.82, 2.24) is 9.88 Å². The number of thioether (sulfide) groups is 1. The first kappa shape index (κ1) is 20.8. The van der Waals surface area contributed by atoms with Gasteiger partial charge >= 0.3 is 0 Å². The molecule has 3 aromatic rings. The molecular formula is C22H27N3OS2. The van der Waals surface area contributed by atoms with Gasteiger partial charge in [-0.15, -0.1) is 11.8 Å². The third-order valence-corrected chi connectivity index (χ3v) is 6.55. The average Bonchev–Trinajstić information content (AvgIpc) is 3.09. The summed E-state index contributed by atoms with van der Waals surface area (Å²) in [5.41, 5.74) is 3.37. The molecule has 1 amide bonds. The number of fused-ring (bicyclic) bond motifs is 1. The van der Waals surface area contributed by atoms with Crippen LogP contribution in [-0.2, 0) is 4.79 Å². The molecule has 2 aromatic carbocycles. The Morgan fingerprint density at radius 3 is 2.50 bits per heavy atom. The molecule has 28 heavy (non-hydrogen) atoms. The predicted molar refractivity (Wildman–Crippen MR) is 122 cm³/mol. The van der Waals surface area contributed by atoms with Crippen molar-refractivity contribution in [3.63, 3.8) is 0 Å². The maximum absolute atomic E-state index is 13.1. The fourth-order valence-corrected chi connectivity index (χ4v) is 4.78. The van der Waals surface area contributed by atoms with Gasteiger partial charge in [0.1, 0.15) is 0 Å². The highest BCUT2D eigenvalue weighted by Crippen LogP contribution is 2.31. The summed E-state index contributed by atoms with van der Waals surface area (Å²) < 4.78 is 1.13. The van der Waals surface area contributed by atoms with Gasteiger partial charge in [-0.25, -0.2) is 4.98 Å². The fourth-order valence-electron chi connectivity index (χ4n) is 2.92. The van der Waals surface area contributed by atoms with Crippen LogP contribution < -0.4 is 4.90 Å². The zero-order valence-electron chi connectivity index (χ0n) is 16.9. The predicted octanol–water partition coefficient (Wildman–Crippen LogP) is 4.99. The SMILES string of the molecule is Cc1ccc(SCC(=O)N(CCCN(C)C)c2nc3c(C)cccc3s2)cc1. The van der Waals surface area contributed by atoms with E-state index in [1.165, 1.54) is 5.56 Å². The smallest absolute Gasteiger partial charge is 0.239 e. The number of anilines is 1. The first-order valence-corrected chi connectivity index (χ1v) is 11.2. The van der Waals surface area contributed by atoms with Crippen LogP contribution in [0.25, 0.3) is 10.2 Å². The molecule has 0 N–H and O–H groups in total. The number of nitrogens with zero attached hydrogens (tertiary/aromatic N) is 3. The summed E-state index contributed by atoms with van der Waals surface area (Å²) in [5.74, 6) is 0.529. The van der Waals surface area contributed by atoms with Crippen LogP contribution in [0.5, 0.6) is 0 Å². The Morgan fingerprint density at radius 2 is 1.82 bits per heavy atom. The summed E-state index contributed by atoms with van der Waals surface area (Å²) >= 11 is 3.19. The van der Waals surface area contributed by atoms with E-state index in [2.05, 4.69) is 69.2 Å². The molecule has 0 spiro atoms. The van der Waals surface area contributed by atoms with E-state index in [1.807, 2.05) is 11.0 Å². The molecule has 0 aliphatic heterocycles. The van der Waals surface area contributed by atoms with Gasteiger partial charge in [-0.3, -0.25) is 9.69 Å². The van der Waals surface area contributed by atoms with E-state index in [0.717, 1.165) is 38.8 Å². The summed E-state index contributed by atoms with van der Waals surface area (Å²) in [6.07, 6.45) is 0.919. The standard InChI is InChI=1S/C22H27N3OS2/c1-16-9-11-18(12-10-16)27-15-20(26)25(14-6-13-24(3)4)22-23-21-17(2)7-5-8-19(21)28-22/h5,7-12H,6,13-15H2,1-4H3. The van der Waals surface area contributed by atoms with Gasteiger partial charge in [0.25, 0.3) is 0 Å². The summed E-state index contributed by atoms with van der Waals surface area (Å²) in [5, 5.41) is 0.803. The van der Waals surface area contributed by atoms with Crippen LogP contribution in [0.2, 0.25) is 0 Å². The van der Waals surface area contributed by atoms with Gasteiger partial charge in [-0.1, -0.05) is 41.2 Å². The van der Waals surface area contributed by atoms with E-state index in [0.29, 0.717) is 12.3 Å². The largest absolute Gasteiger partial charge is 0.309 e. The highest BCUT2D eigenvalue weighted by atomic mass is 32.2. The Labute approximate surface area is 175 Å². The van der Waals surface area contributed by atoms with Crippen LogP contribution in [0, 0.1) is 13.8 Å². The molecule has 0 aliphatic rings. The second-order valence-corrected chi connectivity index (χ2v) is 9.28. The number of carbonyl (C=O) groups excluding carboxylic acids is 1. The van der Waals surface area contributed by atoms with E-state index in [4.69, 9.17) is 4.98 Å². The van der Waals surface area contributed by atoms with Gasteiger partial charge in [0.15, 0.2) is 5.13 Å². The van der Waals surface area contributed by atoms with Crippen LogP contribution in [-0.4, -0.2) is 48.7 Å². The minimum Gasteiger partial charge on any atom is -0.309 e. The number of benzene rings is 2. The molecule has 3 rings (SSSR count). The highest BCUT2D eigenvalue weighted by molar-refractivity contribution is 8.00. The first-order valence-electron chi connectivity index (χ1n) is 9.45. The normalized spacial score (nSPS) is 11.3. The number of amides is 1. The van der Waals surface area contributed by atoms with Crippen molar-refractivity contribution in [1.29, 1.82) is 0 Å². The maximum Gasteiger partial charge on any atom is 0.239 e. The van der Waals surface area contributed by atoms with E-state index < -0.39 is 0 Å². The van der Waals surface area contributed by atoms with Crippen molar-refractivity contribution in [2.75, 3.05) is 37.8 Å². The Hall–Kier alpha value is -1.89. The zero-order chi connectivity index (χ0) is 20.1. The molecule has 0 saturated carbocycles. The number of aromatic nitrogens is 1. The molecule has 6 heteroatoms. The maximum atomic E-state index is 13.1. The number of para-hydroxylation sites is 1. The van der Waals surface area contributed by atoms with Crippen LogP contribution in [0.15, 0.2) is 47.4 Å². The first-order chi connectivity index (χ1) is 13.4. The van der Waals surface area contributed by atoms with Crippen LogP contribution in [0.1, 0.15) is 17.5 Å². The van der Waals surface area contributed by atoms with Crippen molar-refractivity contribution in [2.24, 2.45) is 0 Å². The average molecular weight is 414 g/mol. The Morgan fingerprint density at radius 1 is 1.07 bits per heavy atom. The Bertz CT molecular complexity index is 935. The summed E-state index contributed by atoms with van der Waals surface area (Å²) in [4.78, 5) is 23.0. The van der Waals surface area contributed by atoms with E-state index >= 15 is 0 Å². The van der Waals surface area contributed by atoms with E-state index in [9.17, 15) is 4.79 Å². The van der Waals surface area contributed by atoms with Crippen LogP contribution >= 0.6 is 23.1 Å². The third kappa shape index (κ3) is 5.34. The Kier molecular flexibility index (Phi) is 7.10. The van der Waals surface area contributed by atoms with E-state index in [1.54, 1.807) is 23.1 Å². The number of hydrogen-bond donors (Lipinski definition) is 0. The number of hydrogen-bond acceptors (Lipinski definition) is 5. The Balaban J connectivity index is 1.77. The number of aryl methyl sites for hydroxylation is 2. The minimum absolute atomic E-state index is 0.112. The molecule has 0 saturated heterocycles. The third-order valence-electron chi connectivity index (χ3n) is 4.51. The van der Waals surface area contributed by atoms with Gasteiger partial charge in [-0.05, 0) is 64.7 Å². The second-order valence-electron chi connectivity index (χ2n) is 7.22. The van der Waals surface area contributed by atoms with Gasteiger partial charge < -0.3 is 4.90 Å². The highest BCUT2D eigenvalue weighted by Gasteiger charge is 2.20. The monoisotopic (exact) mass is 413 g/mol. The van der Waals surface area contributed by atoms with Crippen LogP contribution in [0.4, 0.5) is 5.13 Å². The molecule has 0 bridgehead atoms. The molecule has 4 nitrogen and oxygen atoms in total. The van der Waals surface area contributed by atoms with Crippen molar-refractivity contribution in [3.05, 3.63) is 53.6 Å². The lowest BCUT2D eigenvalue weighted by molar-refractivity contribution is -0.116. The number of rotatable bonds is 8. The molecule has 0 aliphatic carbocycles. The molecule has 0 unspecified atom stereocenters. The molecule has 1 aromatic heterocycles. The lowest BCUT2D eigenvalue weighted by Gasteiger charge is -2.21. The summed E-state index contributed by atoms with van der Waals surface area (Å²) in [6, 6.07) is 14.5. The molecule has 0 atom stereocenters. The molecule has 0 radical (unpaired) electrons. The van der Waals surface area contributed by atoms with Crippen molar-refractivity contribution >= 4 is 44.4 Å². The molecule has 0 fully saturated rings. The fraction of sp³-hybridized carbons (Fsp3) is 0.364. The summed E-state index contributed by atoms with van der Waals surface area (Å²) in [7, 11) is 4.11. The summed E-state index contributed by atoms with van der Waals surface area (Å²) in [6.45, 7) is 5.77. The van der Waals surface area contributed by atoms with Gasteiger partial charge in [0, 0.05) is 11.4 Å². The number of thiazole rings is 1. The van der Waals surface area contributed by atoms with Crippen LogP contribution in [0.3, 0.4) is 0 Å². The molecule has 1 heterocycles. The lowest BCUT2D eigenvalue weighted by atomic mass is 10.2. The number of carbonyl (C=O) groups is 1. The van der Waals surface area contributed by atoms with Gasteiger partial charge in [0.2, 0.25) is 5.91 Å². The van der Waals surface area contributed by atoms with Crippen molar-refractivity contribution in [3.8, 4) is 0 Å². The molecular weight excluding hydrogens is 386 g/mol. The quantitative estimate of drug-likeness (QED) is 0.488. The van der Waals surface area contributed by atoms with Crippen molar-refractivity contribution in [2.45, 2.75) is 25.2 Å². The minimum atomic E-state index is 0.112. The zero-order valence-corrected chi connectivity index (χ0v) is 18.6. The topological polar surface area (TPSA) is 36.4 Å². The van der Waals surface area contributed by atoms with Gasteiger partial charge in [-0.2, -0.15) is 0 Å². The molecule has 148 valence electrons. The lowest BCUT2D eigenvalue weighted by Crippen LogP contribution is -2.34.